The molecule has 1 rings (SSSR count). The van der Waals surface area contributed by atoms with E-state index in [1.54, 1.807) is 19.2 Å². The molecule has 0 fully saturated rings. The normalized spacial score (nSPS) is 12.3. The minimum absolute atomic E-state index is 0.0682. The average molecular weight is 265 g/mol. The number of hydrogen-bond donors (Lipinski definition) is 1. The van der Waals surface area contributed by atoms with Gasteiger partial charge in [0, 0.05) is 11.8 Å². The van der Waals surface area contributed by atoms with Crippen LogP contribution in [-0.4, -0.2) is 18.6 Å². The Kier molecular flexibility index (Phi) is 4.96. The maximum absolute atomic E-state index is 12.4. The third-order valence-electron chi connectivity index (χ3n) is 2.05. The van der Waals surface area contributed by atoms with Crippen molar-refractivity contribution in [1.29, 1.82) is 0 Å². The monoisotopic (exact) mass is 264 g/mol. The summed E-state index contributed by atoms with van der Waals surface area (Å²) in [6.07, 6.45) is 0.336. The molecule has 0 aromatic carbocycles. The van der Waals surface area contributed by atoms with Gasteiger partial charge in [-0.1, -0.05) is 23.8 Å². The van der Waals surface area contributed by atoms with Crippen molar-refractivity contribution >= 4 is 17.7 Å². The predicted octanol–water partition coefficient (Wildman–Crippen LogP) is 3.38. The van der Waals surface area contributed by atoms with Crippen LogP contribution < -0.4 is 5.32 Å². The molecule has 1 aromatic rings. The number of nitrogens with zero attached hydrogens (tertiary/aromatic N) is 1. The highest BCUT2D eigenvalue weighted by atomic mass is 35.5. The van der Waals surface area contributed by atoms with Crippen molar-refractivity contribution in [2.75, 3.05) is 13.6 Å². The number of rotatable bonds is 4. The van der Waals surface area contributed by atoms with Gasteiger partial charge in [-0.25, -0.2) is 4.98 Å². The third kappa shape index (κ3) is 4.36. The fourth-order valence-corrected chi connectivity index (χ4v) is 1.34. The van der Waals surface area contributed by atoms with Crippen molar-refractivity contribution < 1.29 is 13.2 Å². The average Bonchev–Trinajstić information content (AvgIpc) is 2.25. The minimum atomic E-state index is -4.40. The summed E-state index contributed by atoms with van der Waals surface area (Å²) in [7, 11) is 1.80. The highest BCUT2D eigenvalue weighted by molar-refractivity contribution is 6.30. The molecular formula is C11H12ClF3N2. The summed E-state index contributed by atoms with van der Waals surface area (Å²) in [5, 5.41) is 2.99. The van der Waals surface area contributed by atoms with E-state index in [4.69, 9.17) is 11.6 Å². The van der Waals surface area contributed by atoms with E-state index in [0.29, 0.717) is 6.42 Å². The summed E-state index contributed by atoms with van der Waals surface area (Å²) in [5.41, 5.74) is -0.521. The van der Waals surface area contributed by atoms with E-state index >= 15 is 0 Å². The number of hydrogen-bond acceptors (Lipinski definition) is 2. The Balaban J connectivity index is 2.87. The van der Waals surface area contributed by atoms with Gasteiger partial charge >= 0.3 is 6.18 Å². The number of nitrogens with one attached hydrogen (secondary N) is 1. The highest BCUT2D eigenvalue weighted by Gasteiger charge is 2.31. The quantitative estimate of drug-likeness (QED) is 0.666. The summed E-state index contributed by atoms with van der Waals surface area (Å²) >= 11 is 5.71. The Bertz CT molecular complexity index is 402. The smallest absolute Gasteiger partial charge is 0.319 e. The lowest BCUT2D eigenvalue weighted by Crippen LogP contribution is -2.06. The van der Waals surface area contributed by atoms with E-state index in [9.17, 15) is 13.2 Å². The second kappa shape index (κ2) is 6.02. The van der Waals surface area contributed by atoms with Gasteiger partial charge in [0.2, 0.25) is 0 Å². The molecule has 0 saturated carbocycles. The fraction of sp³-hybridized carbons (Fsp3) is 0.364. The fourth-order valence-electron chi connectivity index (χ4n) is 1.17. The van der Waals surface area contributed by atoms with Crippen molar-refractivity contribution in [2.24, 2.45) is 0 Å². The van der Waals surface area contributed by atoms with Gasteiger partial charge in [0.1, 0.15) is 5.15 Å². The molecule has 0 amide bonds. The molecule has 0 radical (unpaired) electrons. The van der Waals surface area contributed by atoms with Crippen molar-refractivity contribution in [3.63, 3.8) is 0 Å². The molecule has 1 aromatic heterocycles. The molecule has 0 aliphatic carbocycles. The second-order valence-electron chi connectivity index (χ2n) is 3.40. The maximum atomic E-state index is 12.4. The molecule has 0 spiro atoms. The van der Waals surface area contributed by atoms with E-state index < -0.39 is 11.7 Å². The van der Waals surface area contributed by atoms with E-state index in [1.807, 2.05) is 0 Å². The summed E-state index contributed by atoms with van der Waals surface area (Å²) in [6, 6.07) is 0.991. The van der Waals surface area contributed by atoms with E-state index in [1.165, 1.54) is 0 Å². The molecule has 6 heteroatoms. The van der Waals surface area contributed by atoms with Crippen molar-refractivity contribution in [3.8, 4) is 0 Å². The first-order chi connectivity index (χ1) is 7.95. The molecule has 0 bridgehead atoms. The molecule has 0 aliphatic rings. The van der Waals surface area contributed by atoms with Gasteiger partial charge in [-0.15, -0.1) is 0 Å². The third-order valence-corrected chi connectivity index (χ3v) is 2.37. The zero-order chi connectivity index (χ0) is 12.9. The van der Waals surface area contributed by atoms with Crippen LogP contribution in [0.5, 0.6) is 0 Å². The number of pyridine rings is 1. The summed E-state index contributed by atoms with van der Waals surface area (Å²) < 4.78 is 37.3. The van der Waals surface area contributed by atoms with Crippen LogP contribution in [0.2, 0.25) is 5.15 Å². The Morgan fingerprint density at radius 2 is 2.18 bits per heavy atom. The van der Waals surface area contributed by atoms with Crippen LogP contribution in [0.3, 0.4) is 0 Å². The Hall–Kier alpha value is -1.07. The van der Waals surface area contributed by atoms with E-state index in [0.717, 1.165) is 18.8 Å². The maximum Gasteiger partial charge on any atom is 0.417 e. The van der Waals surface area contributed by atoms with E-state index in [2.05, 4.69) is 10.3 Å². The van der Waals surface area contributed by atoms with Gasteiger partial charge in [0.15, 0.2) is 0 Å². The van der Waals surface area contributed by atoms with Crippen molar-refractivity contribution in [2.45, 2.75) is 12.6 Å². The van der Waals surface area contributed by atoms with Crippen LogP contribution in [0.25, 0.3) is 6.08 Å². The predicted molar refractivity (Wildman–Crippen MR) is 61.8 cm³/mol. The van der Waals surface area contributed by atoms with Crippen molar-refractivity contribution in [1.82, 2.24) is 10.3 Å². The van der Waals surface area contributed by atoms with Crippen LogP contribution in [0.15, 0.2) is 18.3 Å². The Morgan fingerprint density at radius 3 is 2.76 bits per heavy atom. The van der Waals surface area contributed by atoms with Gasteiger partial charge in [0.05, 0.1) is 5.56 Å². The lowest BCUT2D eigenvalue weighted by molar-refractivity contribution is -0.137. The first-order valence-corrected chi connectivity index (χ1v) is 5.37. The molecule has 1 N–H and O–H groups in total. The summed E-state index contributed by atoms with van der Waals surface area (Å²) in [6.45, 7) is 0.751. The molecule has 0 atom stereocenters. The van der Waals surface area contributed by atoms with Gasteiger partial charge in [-0.3, -0.25) is 0 Å². The van der Waals surface area contributed by atoms with E-state index in [-0.39, 0.29) is 10.7 Å². The summed E-state index contributed by atoms with van der Waals surface area (Å²) in [5.74, 6) is 0. The van der Waals surface area contributed by atoms with Crippen LogP contribution in [0.1, 0.15) is 17.5 Å². The molecule has 94 valence electrons. The lowest BCUT2D eigenvalue weighted by Gasteiger charge is -2.07. The molecule has 1 heterocycles. The van der Waals surface area contributed by atoms with Crippen LogP contribution >= 0.6 is 11.6 Å². The number of halogens is 4. The SMILES string of the molecule is CNCCC=Cc1cc(C(F)(F)F)cnc1Cl. The Morgan fingerprint density at radius 1 is 1.47 bits per heavy atom. The zero-order valence-corrected chi connectivity index (χ0v) is 9.94. The largest absolute Gasteiger partial charge is 0.417 e. The summed E-state index contributed by atoms with van der Waals surface area (Å²) in [4.78, 5) is 3.52. The van der Waals surface area contributed by atoms with Crippen LogP contribution in [0, 0.1) is 0 Å². The lowest BCUT2D eigenvalue weighted by atomic mass is 10.2. The molecular weight excluding hydrogens is 253 g/mol. The van der Waals surface area contributed by atoms with Gasteiger partial charge in [0.25, 0.3) is 0 Å². The number of aromatic nitrogens is 1. The molecule has 0 unspecified atom stereocenters. The minimum Gasteiger partial charge on any atom is -0.319 e. The highest BCUT2D eigenvalue weighted by Crippen LogP contribution is 2.30. The first kappa shape index (κ1) is 14.0. The number of alkyl halides is 3. The topological polar surface area (TPSA) is 24.9 Å². The Labute approximate surface area is 103 Å². The van der Waals surface area contributed by atoms with Gasteiger partial charge in [-0.05, 0) is 26.1 Å². The van der Waals surface area contributed by atoms with Gasteiger partial charge < -0.3 is 5.32 Å². The van der Waals surface area contributed by atoms with Crippen LogP contribution in [0.4, 0.5) is 13.2 Å². The first-order valence-electron chi connectivity index (χ1n) is 4.99. The van der Waals surface area contributed by atoms with Gasteiger partial charge in [-0.2, -0.15) is 13.2 Å². The zero-order valence-electron chi connectivity index (χ0n) is 9.18. The molecule has 17 heavy (non-hydrogen) atoms. The second-order valence-corrected chi connectivity index (χ2v) is 3.75. The van der Waals surface area contributed by atoms with Crippen molar-refractivity contribution in [3.05, 3.63) is 34.6 Å². The van der Waals surface area contributed by atoms with Crippen LogP contribution in [-0.2, 0) is 6.18 Å². The standard InChI is InChI=1S/C11H12ClF3N2/c1-16-5-3-2-4-8-6-9(11(13,14)15)7-17-10(8)12/h2,4,6-7,16H,3,5H2,1H3. The molecule has 2 nitrogen and oxygen atoms in total. The molecule has 0 aliphatic heterocycles. The molecule has 0 saturated heterocycles.